The number of nitriles is 1. The third-order valence-electron chi connectivity index (χ3n) is 1.78. The molecule has 0 amide bonds. The molecule has 0 spiro atoms. The Hall–Kier alpha value is -1.67. The second-order valence-electron chi connectivity index (χ2n) is 2.63. The quantitative estimate of drug-likeness (QED) is 0.775. The van der Waals surface area contributed by atoms with Gasteiger partial charge in [-0.3, -0.25) is 4.57 Å². The molecule has 1 aromatic carbocycles. The molecule has 0 bridgehead atoms. The van der Waals surface area contributed by atoms with E-state index >= 15 is 0 Å². The van der Waals surface area contributed by atoms with Crippen molar-refractivity contribution < 1.29 is 0 Å². The zero-order valence-corrected chi connectivity index (χ0v) is 8.64. The number of hydrogen-bond donors (Lipinski definition) is 0. The SMILES string of the molecule is N#Cc1ccc(-n2cnnc2Br)cc1. The summed E-state index contributed by atoms with van der Waals surface area (Å²) in [6.07, 6.45) is 1.60. The van der Waals surface area contributed by atoms with Crippen LogP contribution in [-0.2, 0) is 0 Å². The molecule has 0 aliphatic carbocycles. The Bertz CT molecular complexity index is 480. The smallest absolute Gasteiger partial charge is 0.204 e. The highest BCUT2D eigenvalue weighted by molar-refractivity contribution is 9.10. The van der Waals surface area contributed by atoms with Gasteiger partial charge >= 0.3 is 0 Å². The van der Waals surface area contributed by atoms with Crippen LogP contribution < -0.4 is 0 Å². The van der Waals surface area contributed by atoms with Crippen molar-refractivity contribution >= 4 is 15.9 Å². The van der Waals surface area contributed by atoms with Gasteiger partial charge in [0.05, 0.1) is 11.6 Å². The Morgan fingerprint density at radius 3 is 2.50 bits per heavy atom. The predicted molar refractivity (Wildman–Crippen MR) is 53.8 cm³/mol. The van der Waals surface area contributed by atoms with E-state index in [9.17, 15) is 0 Å². The summed E-state index contributed by atoms with van der Waals surface area (Å²) in [5, 5.41) is 16.2. The van der Waals surface area contributed by atoms with Gasteiger partial charge in [-0.05, 0) is 40.2 Å². The highest BCUT2D eigenvalue weighted by Crippen LogP contribution is 2.14. The summed E-state index contributed by atoms with van der Waals surface area (Å²) >= 11 is 3.26. The number of rotatable bonds is 1. The summed E-state index contributed by atoms with van der Waals surface area (Å²) in [6.45, 7) is 0. The normalized spacial score (nSPS) is 9.71. The molecule has 0 fully saturated rings. The summed E-state index contributed by atoms with van der Waals surface area (Å²) < 4.78 is 2.42. The maximum Gasteiger partial charge on any atom is 0.204 e. The number of hydrogen-bond acceptors (Lipinski definition) is 3. The van der Waals surface area contributed by atoms with E-state index in [0.29, 0.717) is 10.3 Å². The molecule has 2 rings (SSSR count). The van der Waals surface area contributed by atoms with Crippen molar-refractivity contribution in [2.75, 3.05) is 0 Å². The first-order valence-electron chi connectivity index (χ1n) is 3.87. The van der Waals surface area contributed by atoms with Crippen LogP contribution in [0.1, 0.15) is 5.56 Å². The average Bonchev–Trinajstić information content (AvgIpc) is 2.65. The van der Waals surface area contributed by atoms with Crippen LogP contribution in [0, 0.1) is 11.3 Å². The molecule has 1 heterocycles. The lowest BCUT2D eigenvalue weighted by Gasteiger charge is -2.01. The van der Waals surface area contributed by atoms with Crippen molar-refractivity contribution in [3.63, 3.8) is 0 Å². The van der Waals surface area contributed by atoms with E-state index in [4.69, 9.17) is 5.26 Å². The summed E-state index contributed by atoms with van der Waals surface area (Å²) in [4.78, 5) is 0. The van der Waals surface area contributed by atoms with Crippen LogP contribution >= 0.6 is 15.9 Å². The summed E-state index contributed by atoms with van der Waals surface area (Å²) in [7, 11) is 0. The van der Waals surface area contributed by atoms with E-state index in [2.05, 4.69) is 32.2 Å². The minimum atomic E-state index is 0.637. The molecule has 0 aliphatic heterocycles. The fraction of sp³-hybridized carbons (Fsp3) is 0. The maximum absolute atomic E-state index is 8.62. The van der Waals surface area contributed by atoms with E-state index in [0.717, 1.165) is 5.69 Å². The molecule has 0 saturated carbocycles. The van der Waals surface area contributed by atoms with Crippen molar-refractivity contribution in [2.24, 2.45) is 0 Å². The standard InChI is InChI=1S/C9H5BrN4/c10-9-13-12-6-14(9)8-3-1-7(5-11)2-4-8/h1-4,6H. The number of halogens is 1. The van der Waals surface area contributed by atoms with Gasteiger partial charge in [0.25, 0.3) is 0 Å². The third kappa shape index (κ3) is 1.52. The van der Waals surface area contributed by atoms with Gasteiger partial charge in [0.2, 0.25) is 4.73 Å². The molecule has 2 aromatic rings. The summed E-state index contributed by atoms with van der Waals surface area (Å²) in [5.74, 6) is 0. The largest absolute Gasteiger partial charge is 0.276 e. The van der Waals surface area contributed by atoms with Crippen molar-refractivity contribution in [1.29, 1.82) is 5.26 Å². The Balaban J connectivity index is 2.45. The van der Waals surface area contributed by atoms with E-state index in [-0.39, 0.29) is 0 Å². The molecule has 14 heavy (non-hydrogen) atoms. The van der Waals surface area contributed by atoms with Crippen LogP contribution in [0.4, 0.5) is 0 Å². The summed E-state index contributed by atoms with van der Waals surface area (Å²) in [6, 6.07) is 9.25. The molecule has 0 unspecified atom stereocenters. The number of aromatic nitrogens is 3. The second kappa shape index (κ2) is 3.60. The molecule has 4 nitrogen and oxygen atoms in total. The van der Waals surface area contributed by atoms with E-state index < -0.39 is 0 Å². The van der Waals surface area contributed by atoms with E-state index in [1.54, 1.807) is 23.0 Å². The lowest BCUT2D eigenvalue weighted by Crippen LogP contribution is -1.92. The Labute approximate surface area is 88.9 Å². The van der Waals surface area contributed by atoms with Gasteiger partial charge in [-0.25, -0.2) is 0 Å². The molecular formula is C9H5BrN4. The average molecular weight is 249 g/mol. The maximum atomic E-state index is 8.62. The van der Waals surface area contributed by atoms with Gasteiger partial charge in [0.15, 0.2) is 0 Å². The fourth-order valence-corrected chi connectivity index (χ4v) is 1.48. The van der Waals surface area contributed by atoms with Gasteiger partial charge in [0.1, 0.15) is 6.33 Å². The van der Waals surface area contributed by atoms with Crippen molar-refractivity contribution in [2.45, 2.75) is 0 Å². The van der Waals surface area contributed by atoms with Crippen LogP contribution in [0.25, 0.3) is 5.69 Å². The van der Waals surface area contributed by atoms with Gasteiger partial charge in [-0.1, -0.05) is 0 Å². The topological polar surface area (TPSA) is 54.5 Å². The highest BCUT2D eigenvalue weighted by atomic mass is 79.9. The van der Waals surface area contributed by atoms with Gasteiger partial charge < -0.3 is 0 Å². The fourth-order valence-electron chi connectivity index (χ4n) is 1.09. The molecule has 0 atom stereocenters. The van der Waals surface area contributed by atoms with Crippen molar-refractivity contribution in [3.05, 3.63) is 40.9 Å². The summed E-state index contributed by atoms with van der Waals surface area (Å²) in [5.41, 5.74) is 1.55. The molecule has 0 saturated heterocycles. The number of benzene rings is 1. The molecular weight excluding hydrogens is 244 g/mol. The Kier molecular flexibility index (Phi) is 2.29. The van der Waals surface area contributed by atoms with Crippen molar-refractivity contribution in [1.82, 2.24) is 14.8 Å². The van der Waals surface area contributed by atoms with E-state index in [1.165, 1.54) is 0 Å². The Morgan fingerprint density at radius 1 is 1.29 bits per heavy atom. The second-order valence-corrected chi connectivity index (χ2v) is 3.34. The van der Waals surface area contributed by atoms with E-state index in [1.807, 2.05) is 12.1 Å². The minimum absolute atomic E-state index is 0.637. The minimum Gasteiger partial charge on any atom is -0.276 e. The van der Waals surface area contributed by atoms with Crippen LogP contribution in [-0.4, -0.2) is 14.8 Å². The molecule has 1 aromatic heterocycles. The number of nitrogens with zero attached hydrogens (tertiary/aromatic N) is 4. The third-order valence-corrected chi connectivity index (χ3v) is 2.32. The van der Waals surface area contributed by atoms with Gasteiger partial charge in [-0.2, -0.15) is 5.26 Å². The van der Waals surface area contributed by atoms with Gasteiger partial charge in [0, 0.05) is 5.69 Å². The Morgan fingerprint density at radius 2 is 2.00 bits per heavy atom. The van der Waals surface area contributed by atoms with Crippen LogP contribution in [0.3, 0.4) is 0 Å². The zero-order valence-electron chi connectivity index (χ0n) is 7.05. The van der Waals surface area contributed by atoms with Crippen LogP contribution in [0.5, 0.6) is 0 Å². The first-order chi connectivity index (χ1) is 6.81. The van der Waals surface area contributed by atoms with Gasteiger partial charge in [-0.15, -0.1) is 10.2 Å². The molecule has 5 heteroatoms. The van der Waals surface area contributed by atoms with Crippen molar-refractivity contribution in [3.8, 4) is 11.8 Å². The molecule has 0 aliphatic rings. The molecule has 0 radical (unpaired) electrons. The van der Waals surface area contributed by atoms with Crippen LogP contribution in [0.15, 0.2) is 35.3 Å². The highest BCUT2D eigenvalue weighted by Gasteiger charge is 2.01. The predicted octanol–water partition coefficient (Wildman–Crippen LogP) is 1.90. The zero-order chi connectivity index (χ0) is 9.97. The molecule has 68 valence electrons. The lowest BCUT2D eigenvalue weighted by molar-refractivity contribution is 1.01. The van der Waals surface area contributed by atoms with Crippen LogP contribution in [0.2, 0.25) is 0 Å². The monoisotopic (exact) mass is 248 g/mol. The first kappa shape index (κ1) is 8.91. The first-order valence-corrected chi connectivity index (χ1v) is 4.66. The lowest BCUT2D eigenvalue weighted by atomic mass is 10.2. The molecule has 0 N–H and O–H groups in total.